The van der Waals surface area contributed by atoms with Crippen molar-refractivity contribution in [3.8, 4) is 28.1 Å². The van der Waals surface area contributed by atoms with Gasteiger partial charge in [0.2, 0.25) is 0 Å². The van der Waals surface area contributed by atoms with Crippen molar-refractivity contribution in [2.75, 3.05) is 11.9 Å². The summed E-state index contributed by atoms with van der Waals surface area (Å²) in [5, 5.41) is 5.42. The number of rotatable bonds is 8. The number of ether oxygens (including phenoxy) is 1. The normalized spacial score (nSPS) is 10.6. The largest absolute Gasteiger partial charge is 0.494 e. The van der Waals surface area contributed by atoms with Crippen molar-refractivity contribution in [2.24, 2.45) is 0 Å². The summed E-state index contributed by atoms with van der Waals surface area (Å²) in [5.41, 5.74) is 4.76. The molecular formula is C26H24N2O2S. The fourth-order valence-electron chi connectivity index (χ4n) is 3.16. The molecule has 0 saturated carbocycles. The molecule has 4 rings (SSSR count). The van der Waals surface area contributed by atoms with Gasteiger partial charge >= 0.3 is 0 Å². The van der Waals surface area contributed by atoms with Gasteiger partial charge in [-0.3, -0.25) is 10.1 Å². The highest BCUT2D eigenvalue weighted by atomic mass is 32.1. The minimum Gasteiger partial charge on any atom is -0.494 e. The first-order valence-electron chi connectivity index (χ1n) is 10.4. The highest BCUT2D eigenvalue weighted by Gasteiger charge is 2.11. The molecule has 0 atom stereocenters. The van der Waals surface area contributed by atoms with Crippen LogP contribution in [-0.2, 0) is 0 Å². The predicted octanol–water partition coefficient (Wildman–Crippen LogP) is 6.91. The summed E-state index contributed by atoms with van der Waals surface area (Å²) in [6.07, 6.45) is 2.06. The number of carbonyl (C=O) groups is 1. The zero-order chi connectivity index (χ0) is 21.5. The van der Waals surface area contributed by atoms with Crippen molar-refractivity contribution in [2.45, 2.75) is 19.8 Å². The molecule has 0 fully saturated rings. The molecule has 1 heterocycles. The molecular weight excluding hydrogens is 404 g/mol. The Balaban J connectivity index is 1.42. The molecule has 5 heteroatoms. The Bertz CT molecular complexity index is 1140. The van der Waals surface area contributed by atoms with Crippen LogP contribution in [-0.4, -0.2) is 17.5 Å². The Morgan fingerprint density at radius 3 is 2.45 bits per heavy atom. The molecule has 31 heavy (non-hydrogen) atoms. The third kappa shape index (κ3) is 5.38. The van der Waals surface area contributed by atoms with Gasteiger partial charge in [-0.15, -0.1) is 11.3 Å². The number of carbonyl (C=O) groups excluding carboxylic acids is 1. The first kappa shape index (κ1) is 20.8. The van der Waals surface area contributed by atoms with Gasteiger partial charge in [-0.1, -0.05) is 74.0 Å². The molecule has 0 unspecified atom stereocenters. The standard InChI is InChI=1S/C26H24N2O2S/c1-2-3-16-30-23-11-7-10-22(17-23)25(29)28-26-27-24(18-31-26)21-14-12-20(13-15-21)19-8-5-4-6-9-19/h4-15,17-18H,2-3,16H2,1H3,(H,27,28,29). The second-order valence-electron chi connectivity index (χ2n) is 7.17. The molecule has 3 aromatic carbocycles. The van der Waals surface area contributed by atoms with Crippen LogP contribution in [0.1, 0.15) is 30.1 Å². The maximum absolute atomic E-state index is 12.6. The predicted molar refractivity (Wildman–Crippen MR) is 128 cm³/mol. The number of unbranched alkanes of at least 4 members (excludes halogenated alkanes) is 1. The van der Waals surface area contributed by atoms with E-state index < -0.39 is 0 Å². The average molecular weight is 429 g/mol. The monoisotopic (exact) mass is 428 g/mol. The van der Waals surface area contributed by atoms with Gasteiger partial charge < -0.3 is 4.74 Å². The molecule has 0 radical (unpaired) electrons. The minimum atomic E-state index is -0.193. The Labute approximate surface area is 186 Å². The molecule has 0 saturated heterocycles. The quantitative estimate of drug-likeness (QED) is 0.310. The molecule has 0 aliphatic rings. The van der Waals surface area contributed by atoms with E-state index >= 15 is 0 Å². The molecule has 0 aliphatic heterocycles. The summed E-state index contributed by atoms with van der Waals surface area (Å²) in [7, 11) is 0. The van der Waals surface area contributed by atoms with Crippen molar-refractivity contribution in [1.82, 2.24) is 4.98 Å². The van der Waals surface area contributed by atoms with E-state index in [0.29, 0.717) is 23.1 Å². The van der Waals surface area contributed by atoms with Crippen LogP contribution in [0.4, 0.5) is 5.13 Å². The summed E-state index contributed by atoms with van der Waals surface area (Å²) in [6, 6.07) is 25.8. The topological polar surface area (TPSA) is 51.2 Å². The summed E-state index contributed by atoms with van der Waals surface area (Å²) in [6.45, 7) is 2.77. The number of anilines is 1. The van der Waals surface area contributed by atoms with Crippen LogP contribution in [0, 0.1) is 0 Å². The first-order valence-corrected chi connectivity index (χ1v) is 11.3. The maximum Gasteiger partial charge on any atom is 0.257 e. The lowest BCUT2D eigenvalue weighted by molar-refractivity contribution is 0.102. The number of benzene rings is 3. The van der Waals surface area contributed by atoms with Crippen LogP contribution in [0.3, 0.4) is 0 Å². The Kier molecular flexibility index (Phi) is 6.75. The molecule has 0 bridgehead atoms. The van der Waals surface area contributed by atoms with E-state index in [-0.39, 0.29) is 5.91 Å². The van der Waals surface area contributed by atoms with Gasteiger partial charge in [0, 0.05) is 16.5 Å². The van der Waals surface area contributed by atoms with Crippen LogP contribution in [0.5, 0.6) is 5.75 Å². The van der Waals surface area contributed by atoms with Crippen molar-refractivity contribution in [1.29, 1.82) is 0 Å². The van der Waals surface area contributed by atoms with Crippen molar-refractivity contribution in [3.05, 3.63) is 89.8 Å². The third-order valence-corrected chi connectivity index (χ3v) is 5.63. The molecule has 4 aromatic rings. The fraction of sp³-hybridized carbons (Fsp3) is 0.154. The SMILES string of the molecule is CCCCOc1cccc(C(=O)Nc2nc(-c3ccc(-c4ccccc4)cc3)cs2)c1. The van der Waals surface area contributed by atoms with E-state index in [4.69, 9.17) is 4.74 Å². The second kappa shape index (κ2) is 10.0. The highest BCUT2D eigenvalue weighted by molar-refractivity contribution is 7.14. The van der Waals surface area contributed by atoms with Gasteiger partial charge in [0.25, 0.3) is 5.91 Å². The summed E-state index contributed by atoms with van der Waals surface area (Å²) < 4.78 is 5.70. The fourth-order valence-corrected chi connectivity index (χ4v) is 3.87. The summed E-state index contributed by atoms with van der Waals surface area (Å²) in [5.74, 6) is 0.515. The number of hydrogen-bond acceptors (Lipinski definition) is 4. The Morgan fingerprint density at radius 1 is 0.935 bits per heavy atom. The zero-order valence-corrected chi connectivity index (χ0v) is 18.2. The molecule has 1 amide bonds. The average Bonchev–Trinajstić information content (AvgIpc) is 3.28. The van der Waals surface area contributed by atoms with Crippen molar-refractivity contribution < 1.29 is 9.53 Å². The number of hydrogen-bond donors (Lipinski definition) is 1. The van der Waals surface area contributed by atoms with Gasteiger partial charge in [-0.2, -0.15) is 0 Å². The van der Waals surface area contributed by atoms with Crippen LogP contribution in [0.2, 0.25) is 0 Å². The molecule has 1 N–H and O–H groups in total. The highest BCUT2D eigenvalue weighted by Crippen LogP contribution is 2.28. The lowest BCUT2D eigenvalue weighted by Gasteiger charge is -2.07. The van der Waals surface area contributed by atoms with Crippen LogP contribution < -0.4 is 10.1 Å². The molecule has 156 valence electrons. The Morgan fingerprint density at radius 2 is 1.68 bits per heavy atom. The van der Waals surface area contributed by atoms with Gasteiger partial charge in [0.1, 0.15) is 5.75 Å². The van der Waals surface area contributed by atoms with E-state index in [0.717, 1.165) is 29.7 Å². The van der Waals surface area contributed by atoms with Gasteiger partial charge in [0.15, 0.2) is 5.13 Å². The molecule has 0 aliphatic carbocycles. The summed E-state index contributed by atoms with van der Waals surface area (Å²) in [4.78, 5) is 17.2. The minimum absolute atomic E-state index is 0.193. The van der Waals surface area contributed by atoms with Crippen molar-refractivity contribution in [3.63, 3.8) is 0 Å². The zero-order valence-electron chi connectivity index (χ0n) is 17.4. The first-order chi connectivity index (χ1) is 15.2. The molecule has 0 spiro atoms. The Hall–Kier alpha value is -3.44. The maximum atomic E-state index is 12.6. The van der Waals surface area contributed by atoms with E-state index in [9.17, 15) is 4.79 Å². The van der Waals surface area contributed by atoms with E-state index in [1.165, 1.54) is 16.9 Å². The number of nitrogens with zero attached hydrogens (tertiary/aromatic N) is 1. The molecule has 1 aromatic heterocycles. The lowest BCUT2D eigenvalue weighted by Crippen LogP contribution is -2.11. The van der Waals surface area contributed by atoms with Gasteiger partial charge in [0.05, 0.1) is 12.3 Å². The number of nitrogens with one attached hydrogen (secondary N) is 1. The number of thiazole rings is 1. The molecule has 4 nitrogen and oxygen atoms in total. The lowest BCUT2D eigenvalue weighted by atomic mass is 10.0. The van der Waals surface area contributed by atoms with E-state index in [2.05, 4.69) is 53.6 Å². The number of aromatic nitrogens is 1. The van der Waals surface area contributed by atoms with Crippen LogP contribution in [0.25, 0.3) is 22.4 Å². The van der Waals surface area contributed by atoms with Gasteiger partial charge in [-0.05, 0) is 35.7 Å². The van der Waals surface area contributed by atoms with E-state index in [1.807, 2.05) is 35.7 Å². The van der Waals surface area contributed by atoms with Crippen LogP contribution in [0.15, 0.2) is 84.2 Å². The van der Waals surface area contributed by atoms with Crippen molar-refractivity contribution >= 4 is 22.4 Å². The second-order valence-corrected chi connectivity index (χ2v) is 8.02. The number of amides is 1. The third-order valence-electron chi connectivity index (χ3n) is 4.88. The van der Waals surface area contributed by atoms with Gasteiger partial charge in [-0.25, -0.2) is 4.98 Å². The van der Waals surface area contributed by atoms with Crippen LogP contribution >= 0.6 is 11.3 Å². The summed E-state index contributed by atoms with van der Waals surface area (Å²) >= 11 is 1.41. The van der Waals surface area contributed by atoms with E-state index in [1.54, 1.807) is 12.1 Å². The smallest absolute Gasteiger partial charge is 0.257 e.